The number of benzene rings is 1. The van der Waals surface area contributed by atoms with E-state index in [4.69, 9.17) is 5.73 Å². The number of hydrogen-bond donors (Lipinski definition) is 2. The third-order valence-corrected chi connectivity index (χ3v) is 4.67. The van der Waals surface area contributed by atoms with E-state index in [1.807, 2.05) is 0 Å². The Kier molecular flexibility index (Phi) is 4.28. The zero-order valence-corrected chi connectivity index (χ0v) is 10.9. The van der Waals surface area contributed by atoms with Crippen molar-refractivity contribution in [3.8, 4) is 0 Å². The van der Waals surface area contributed by atoms with Gasteiger partial charge < -0.3 is 11.1 Å². The van der Waals surface area contributed by atoms with Crippen LogP contribution in [0.15, 0.2) is 18.2 Å². The van der Waals surface area contributed by atoms with Crippen molar-refractivity contribution in [3.63, 3.8) is 0 Å². The Hall–Kier alpha value is -1.63. The largest absolute Gasteiger partial charge is 0.396 e. The number of amides is 1. The third-order valence-electron chi connectivity index (χ3n) is 2.57. The van der Waals surface area contributed by atoms with Crippen molar-refractivity contribution >= 4 is 27.1 Å². The van der Waals surface area contributed by atoms with Gasteiger partial charge in [-0.25, -0.2) is 12.8 Å². The summed E-state index contributed by atoms with van der Waals surface area (Å²) in [7, 11) is -3.45. The molecule has 100 valence electrons. The first-order valence-corrected chi connectivity index (χ1v) is 7.07. The minimum Gasteiger partial charge on any atom is -0.396 e. The lowest BCUT2D eigenvalue weighted by Gasteiger charge is -2.12. The molecule has 0 bridgehead atoms. The normalized spacial score (nSPS) is 13.1. The molecule has 0 saturated heterocycles. The molecular formula is C11H15FN2O3S. The van der Waals surface area contributed by atoms with Gasteiger partial charge in [-0.2, -0.15) is 0 Å². The van der Waals surface area contributed by atoms with Gasteiger partial charge >= 0.3 is 0 Å². The lowest BCUT2D eigenvalue weighted by atomic mass is 10.2. The molecule has 0 aliphatic heterocycles. The molecule has 0 radical (unpaired) electrons. The Morgan fingerprint density at radius 3 is 2.61 bits per heavy atom. The van der Waals surface area contributed by atoms with E-state index in [-0.39, 0.29) is 17.1 Å². The Morgan fingerprint density at radius 1 is 1.50 bits per heavy atom. The van der Waals surface area contributed by atoms with Crippen LogP contribution in [0.1, 0.15) is 13.8 Å². The second kappa shape index (κ2) is 5.34. The summed E-state index contributed by atoms with van der Waals surface area (Å²) in [5.41, 5.74) is 5.49. The number of sulfone groups is 1. The molecule has 1 unspecified atom stereocenters. The SMILES string of the molecule is CCS(=O)(=O)C(C)C(=O)Nc1ccc(F)c(N)c1. The summed E-state index contributed by atoms with van der Waals surface area (Å²) in [4.78, 5) is 11.7. The summed E-state index contributed by atoms with van der Waals surface area (Å²) in [6.07, 6.45) is 0. The standard InChI is InChI=1S/C11H15FN2O3S/c1-3-18(16,17)7(2)11(15)14-8-4-5-9(12)10(13)6-8/h4-7H,3,13H2,1-2H3,(H,14,15). The molecule has 0 aromatic heterocycles. The van der Waals surface area contributed by atoms with Crippen molar-refractivity contribution in [2.45, 2.75) is 19.1 Å². The fraction of sp³-hybridized carbons (Fsp3) is 0.364. The molecule has 1 atom stereocenters. The summed E-state index contributed by atoms with van der Waals surface area (Å²) in [6, 6.07) is 3.65. The topological polar surface area (TPSA) is 89.3 Å². The van der Waals surface area contributed by atoms with Crippen molar-refractivity contribution < 1.29 is 17.6 Å². The summed E-state index contributed by atoms with van der Waals surface area (Å²) < 4.78 is 35.9. The Bertz CT molecular complexity index is 557. The smallest absolute Gasteiger partial charge is 0.242 e. The highest BCUT2D eigenvalue weighted by Gasteiger charge is 2.26. The molecule has 1 rings (SSSR count). The molecule has 1 amide bonds. The fourth-order valence-corrected chi connectivity index (χ4v) is 2.16. The van der Waals surface area contributed by atoms with Crippen LogP contribution in [0.4, 0.5) is 15.8 Å². The summed E-state index contributed by atoms with van der Waals surface area (Å²) in [5, 5.41) is 1.23. The van der Waals surface area contributed by atoms with E-state index in [1.54, 1.807) is 0 Å². The van der Waals surface area contributed by atoms with E-state index < -0.39 is 26.8 Å². The van der Waals surface area contributed by atoms with E-state index in [0.717, 1.165) is 6.07 Å². The van der Waals surface area contributed by atoms with Crippen molar-refractivity contribution in [1.82, 2.24) is 0 Å². The van der Waals surface area contributed by atoms with Crippen molar-refractivity contribution in [2.75, 3.05) is 16.8 Å². The highest BCUT2D eigenvalue weighted by molar-refractivity contribution is 7.92. The Labute approximate surface area is 105 Å². The summed E-state index contributed by atoms with van der Waals surface area (Å²) in [6.45, 7) is 2.77. The molecular weight excluding hydrogens is 259 g/mol. The number of nitrogens with two attached hydrogens (primary N) is 1. The molecule has 18 heavy (non-hydrogen) atoms. The first-order chi connectivity index (χ1) is 8.27. The highest BCUT2D eigenvalue weighted by Crippen LogP contribution is 2.17. The van der Waals surface area contributed by atoms with Gasteiger partial charge in [-0.3, -0.25) is 4.79 Å². The van der Waals surface area contributed by atoms with Crippen LogP contribution in [0.2, 0.25) is 0 Å². The number of nitrogens with one attached hydrogen (secondary N) is 1. The van der Waals surface area contributed by atoms with Gasteiger partial charge in [-0.05, 0) is 25.1 Å². The second-order valence-corrected chi connectivity index (χ2v) is 6.43. The van der Waals surface area contributed by atoms with Gasteiger partial charge in [0.1, 0.15) is 11.1 Å². The number of nitrogen functional groups attached to an aromatic ring is 1. The molecule has 5 nitrogen and oxygen atoms in total. The molecule has 0 fully saturated rings. The van der Waals surface area contributed by atoms with Crippen molar-refractivity contribution in [2.24, 2.45) is 0 Å². The van der Waals surface area contributed by atoms with Gasteiger partial charge in [-0.1, -0.05) is 6.92 Å². The van der Waals surface area contributed by atoms with Gasteiger partial charge in [0, 0.05) is 11.4 Å². The zero-order valence-electron chi connectivity index (χ0n) is 10.1. The maximum atomic E-state index is 12.9. The van der Waals surface area contributed by atoms with E-state index in [2.05, 4.69) is 5.32 Å². The van der Waals surface area contributed by atoms with Crippen molar-refractivity contribution in [3.05, 3.63) is 24.0 Å². The second-order valence-electron chi connectivity index (χ2n) is 3.82. The first kappa shape index (κ1) is 14.4. The van der Waals surface area contributed by atoms with E-state index in [0.29, 0.717) is 0 Å². The molecule has 1 aromatic carbocycles. The summed E-state index contributed by atoms with van der Waals surface area (Å²) in [5.74, 6) is -1.38. The highest BCUT2D eigenvalue weighted by atomic mass is 32.2. The van der Waals surface area contributed by atoms with Gasteiger partial charge in [-0.15, -0.1) is 0 Å². The lowest BCUT2D eigenvalue weighted by Crippen LogP contribution is -2.33. The predicted octanol–water partition coefficient (Wildman–Crippen LogP) is 1.17. The van der Waals surface area contributed by atoms with Gasteiger partial charge in [0.05, 0.1) is 5.69 Å². The number of rotatable bonds is 4. The average Bonchev–Trinajstić information content (AvgIpc) is 2.32. The third kappa shape index (κ3) is 3.19. The monoisotopic (exact) mass is 274 g/mol. The van der Waals surface area contributed by atoms with Crippen LogP contribution < -0.4 is 11.1 Å². The predicted molar refractivity (Wildman–Crippen MR) is 68.4 cm³/mol. The van der Waals surface area contributed by atoms with Crippen LogP contribution in [-0.2, 0) is 14.6 Å². The van der Waals surface area contributed by atoms with Gasteiger partial charge in [0.2, 0.25) is 5.91 Å². The minimum atomic E-state index is -3.45. The molecule has 3 N–H and O–H groups in total. The number of carbonyl (C=O) groups is 1. The Morgan fingerprint density at radius 2 is 2.11 bits per heavy atom. The van der Waals surface area contributed by atoms with E-state index in [1.165, 1.54) is 26.0 Å². The minimum absolute atomic E-state index is 0.112. The molecule has 0 aliphatic carbocycles. The Balaban J connectivity index is 2.85. The maximum absolute atomic E-state index is 12.9. The van der Waals surface area contributed by atoms with E-state index >= 15 is 0 Å². The molecule has 0 spiro atoms. The molecule has 0 saturated carbocycles. The van der Waals surface area contributed by atoms with Crippen LogP contribution in [0, 0.1) is 5.82 Å². The van der Waals surface area contributed by atoms with Crippen LogP contribution in [0.25, 0.3) is 0 Å². The maximum Gasteiger partial charge on any atom is 0.242 e. The fourth-order valence-electron chi connectivity index (χ4n) is 1.28. The van der Waals surface area contributed by atoms with Crippen LogP contribution in [0.3, 0.4) is 0 Å². The zero-order chi connectivity index (χ0) is 13.9. The number of halogens is 1. The van der Waals surface area contributed by atoms with Gasteiger partial charge in [0.25, 0.3) is 0 Å². The average molecular weight is 274 g/mol. The van der Waals surface area contributed by atoms with Crippen LogP contribution >= 0.6 is 0 Å². The first-order valence-electron chi connectivity index (χ1n) is 5.35. The quantitative estimate of drug-likeness (QED) is 0.806. The van der Waals surface area contributed by atoms with Crippen LogP contribution in [0.5, 0.6) is 0 Å². The molecule has 0 aliphatic rings. The van der Waals surface area contributed by atoms with E-state index in [9.17, 15) is 17.6 Å². The number of carbonyl (C=O) groups excluding carboxylic acids is 1. The van der Waals surface area contributed by atoms with Gasteiger partial charge in [0.15, 0.2) is 9.84 Å². The molecule has 7 heteroatoms. The molecule has 0 heterocycles. The molecule has 1 aromatic rings. The number of hydrogen-bond acceptors (Lipinski definition) is 4. The summed E-state index contributed by atoms with van der Waals surface area (Å²) >= 11 is 0. The number of anilines is 2. The lowest BCUT2D eigenvalue weighted by molar-refractivity contribution is -0.115. The van der Waals surface area contributed by atoms with Crippen molar-refractivity contribution in [1.29, 1.82) is 0 Å². The van der Waals surface area contributed by atoms with Crippen LogP contribution in [-0.4, -0.2) is 25.3 Å².